The second-order valence-electron chi connectivity index (χ2n) is 9.81. The SMILES string of the molecule is CC1=CC(C)(C)N(C)c2ccc([C@@H]3C4=C(CCCC4=O)Nc4nc5ccccc5n43)cc21. The maximum atomic E-state index is 13.2. The van der Waals surface area contributed by atoms with Crippen LogP contribution in [0.1, 0.15) is 57.2 Å². The van der Waals surface area contributed by atoms with Crippen molar-refractivity contribution in [3.8, 4) is 0 Å². The molecule has 1 aliphatic carbocycles. The molecule has 6 rings (SSSR count). The molecule has 1 aromatic heterocycles. The van der Waals surface area contributed by atoms with E-state index < -0.39 is 0 Å². The third-order valence-electron chi connectivity index (χ3n) is 7.40. The van der Waals surface area contributed by atoms with Crippen LogP contribution in [0.2, 0.25) is 0 Å². The molecule has 3 heterocycles. The number of hydrogen-bond acceptors (Lipinski definition) is 4. The number of allylic oxidation sites excluding steroid dienone is 3. The molecule has 0 saturated carbocycles. The molecule has 0 bridgehead atoms. The Bertz CT molecular complexity index is 1360. The second kappa shape index (κ2) is 6.58. The van der Waals surface area contributed by atoms with Crippen LogP contribution in [0.15, 0.2) is 59.8 Å². The van der Waals surface area contributed by atoms with Gasteiger partial charge in [0.15, 0.2) is 5.78 Å². The number of fused-ring (bicyclic) bond motifs is 4. The van der Waals surface area contributed by atoms with E-state index in [1.54, 1.807) is 0 Å². The van der Waals surface area contributed by atoms with E-state index in [1.165, 1.54) is 16.8 Å². The summed E-state index contributed by atoms with van der Waals surface area (Å²) in [6, 6.07) is 14.7. The van der Waals surface area contributed by atoms with Crippen molar-refractivity contribution in [2.45, 2.75) is 51.6 Å². The molecule has 0 fully saturated rings. The molecule has 5 nitrogen and oxygen atoms in total. The third kappa shape index (κ3) is 2.63. The quantitative estimate of drug-likeness (QED) is 0.545. The number of Topliss-reactive ketones (excluding diaryl/α,β-unsaturated/α-hetero) is 1. The fraction of sp³-hybridized carbons (Fsp3) is 0.333. The highest BCUT2D eigenvalue weighted by Crippen LogP contribution is 2.45. The van der Waals surface area contributed by atoms with Gasteiger partial charge in [-0.3, -0.25) is 9.36 Å². The van der Waals surface area contributed by atoms with Crippen molar-refractivity contribution in [2.75, 3.05) is 17.3 Å². The Morgan fingerprint density at radius 3 is 2.78 bits per heavy atom. The predicted molar refractivity (Wildman–Crippen MR) is 130 cm³/mol. The number of para-hydroxylation sites is 2. The number of nitrogens with zero attached hydrogens (tertiary/aromatic N) is 3. The standard InChI is InChI=1S/C27H28N4O/c1-16-15-27(2,3)30(4)21-13-12-17(14-18(16)21)25-24-20(9-7-11-23(24)32)29-26-28-19-8-5-6-10-22(19)31(25)26/h5-6,8,10,12-15,25H,7,9,11H2,1-4H3,(H,28,29)/t25-/m1/s1. The first-order valence-electron chi connectivity index (χ1n) is 11.4. The van der Waals surface area contributed by atoms with Crippen LogP contribution in [0.5, 0.6) is 0 Å². The highest BCUT2D eigenvalue weighted by Gasteiger charge is 2.37. The van der Waals surface area contributed by atoms with Gasteiger partial charge in [-0.15, -0.1) is 0 Å². The summed E-state index contributed by atoms with van der Waals surface area (Å²) in [7, 11) is 2.15. The van der Waals surface area contributed by atoms with Crippen molar-refractivity contribution in [1.82, 2.24) is 9.55 Å². The Morgan fingerprint density at radius 2 is 1.94 bits per heavy atom. The van der Waals surface area contributed by atoms with Gasteiger partial charge in [-0.25, -0.2) is 4.98 Å². The Labute approximate surface area is 188 Å². The molecule has 162 valence electrons. The third-order valence-corrected chi connectivity index (χ3v) is 7.40. The first kappa shape index (κ1) is 19.4. The molecule has 3 aromatic rings. The summed E-state index contributed by atoms with van der Waals surface area (Å²) in [6.45, 7) is 6.66. The van der Waals surface area contributed by atoms with Crippen LogP contribution in [0, 0.1) is 0 Å². The zero-order chi connectivity index (χ0) is 22.2. The summed E-state index contributed by atoms with van der Waals surface area (Å²) < 4.78 is 2.22. The molecule has 0 saturated heterocycles. The number of carbonyl (C=O) groups excluding carboxylic acids is 1. The summed E-state index contributed by atoms with van der Waals surface area (Å²) in [5, 5.41) is 3.50. The van der Waals surface area contributed by atoms with Crippen molar-refractivity contribution in [2.24, 2.45) is 0 Å². The van der Waals surface area contributed by atoms with Gasteiger partial charge in [-0.1, -0.05) is 24.3 Å². The number of anilines is 2. The zero-order valence-corrected chi connectivity index (χ0v) is 19.1. The van der Waals surface area contributed by atoms with Crippen LogP contribution in [0.3, 0.4) is 0 Å². The van der Waals surface area contributed by atoms with E-state index in [4.69, 9.17) is 4.98 Å². The van der Waals surface area contributed by atoms with Crippen LogP contribution < -0.4 is 10.2 Å². The fourth-order valence-corrected chi connectivity index (χ4v) is 5.63. The summed E-state index contributed by atoms with van der Waals surface area (Å²) >= 11 is 0. The molecule has 2 aromatic carbocycles. The van der Waals surface area contributed by atoms with E-state index in [0.29, 0.717) is 6.42 Å². The summed E-state index contributed by atoms with van der Waals surface area (Å²) in [6.07, 6.45) is 4.72. The van der Waals surface area contributed by atoms with E-state index in [9.17, 15) is 4.79 Å². The zero-order valence-electron chi connectivity index (χ0n) is 19.1. The maximum absolute atomic E-state index is 13.2. The van der Waals surface area contributed by atoms with Gasteiger partial charge in [0.05, 0.1) is 22.6 Å². The Hall–Kier alpha value is -3.34. The van der Waals surface area contributed by atoms with Crippen molar-refractivity contribution in [1.29, 1.82) is 0 Å². The topological polar surface area (TPSA) is 50.2 Å². The molecule has 0 radical (unpaired) electrons. The molecule has 3 aliphatic rings. The molecule has 0 spiro atoms. The van der Waals surface area contributed by atoms with Gasteiger partial charge in [0.2, 0.25) is 5.95 Å². The van der Waals surface area contributed by atoms with Crippen LogP contribution in [0.25, 0.3) is 16.6 Å². The van der Waals surface area contributed by atoms with E-state index in [0.717, 1.165) is 46.7 Å². The second-order valence-corrected chi connectivity index (χ2v) is 9.81. The maximum Gasteiger partial charge on any atom is 0.209 e. The van der Waals surface area contributed by atoms with Crippen LogP contribution in [-0.4, -0.2) is 27.9 Å². The van der Waals surface area contributed by atoms with Gasteiger partial charge < -0.3 is 10.2 Å². The average Bonchev–Trinajstić information content (AvgIpc) is 3.14. The number of benzene rings is 2. The van der Waals surface area contributed by atoms with E-state index in [1.807, 2.05) is 18.2 Å². The lowest BCUT2D eigenvalue weighted by molar-refractivity contribution is -0.116. The molecule has 1 N–H and O–H groups in total. The summed E-state index contributed by atoms with van der Waals surface area (Å²) in [5.74, 6) is 1.07. The fourth-order valence-electron chi connectivity index (χ4n) is 5.63. The lowest BCUT2D eigenvalue weighted by Crippen LogP contribution is -2.42. The number of aromatic nitrogens is 2. The van der Waals surface area contributed by atoms with Gasteiger partial charge >= 0.3 is 0 Å². The van der Waals surface area contributed by atoms with E-state index in [2.05, 4.69) is 72.9 Å². The smallest absolute Gasteiger partial charge is 0.209 e. The monoisotopic (exact) mass is 424 g/mol. The van der Waals surface area contributed by atoms with Gasteiger partial charge in [0.1, 0.15) is 0 Å². The Morgan fingerprint density at radius 1 is 1.12 bits per heavy atom. The molecular weight excluding hydrogens is 396 g/mol. The number of hydrogen-bond donors (Lipinski definition) is 1. The lowest BCUT2D eigenvalue weighted by atomic mass is 9.83. The number of carbonyl (C=O) groups is 1. The normalized spacial score (nSPS) is 21.6. The molecule has 1 atom stereocenters. The number of nitrogens with one attached hydrogen (secondary N) is 1. The summed E-state index contributed by atoms with van der Waals surface area (Å²) in [4.78, 5) is 20.4. The lowest BCUT2D eigenvalue weighted by Gasteiger charge is -2.41. The first-order chi connectivity index (χ1) is 15.3. The van der Waals surface area contributed by atoms with Gasteiger partial charge in [0, 0.05) is 36.0 Å². The number of likely N-dealkylation sites (N-methyl/N-ethyl adjacent to an activating group) is 1. The minimum absolute atomic E-state index is 0.0316. The summed E-state index contributed by atoms with van der Waals surface area (Å²) in [5.41, 5.74) is 8.78. The molecule has 5 heteroatoms. The molecule has 0 amide bonds. The first-order valence-corrected chi connectivity index (χ1v) is 11.4. The van der Waals surface area contributed by atoms with Crippen LogP contribution in [0.4, 0.5) is 11.6 Å². The van der Waals surface area contributed by atoms with Gasteiger partial charge in [0.25, 0.3) is 0 Å². The molecule has 32 heavy (non-hydrogen) atoms. The molecular formula is C27H28N4O. The molecule has 0 unspecified atom stereocenters. The highest BCUT2D eigenvalue weighted by atomic mass is 16.1. The van der Waals surface area contributed by atoms with Crippen LogP contribution in [-0.2, 0) is 4.79 Å². The van der Waals surface area contributed by atoms with Gasteiger partial charge in [-0.2, -0.15) is 0 Å². The average molecular weight is 425 g/mol. The largest absolute Gasteiger partial charge is 0.366 e. The van der Waals surface area contributed by atoms with Crippen LogP contribution >= 0.6 is 0 Å². The number of imidazole rings is 1. The number of rotatable bonds is 1. The Balaban J connectivity index is 1.60. The predicted octanol–water partition coefficient (Wildman–Crippen LogP) is 5.69. The molecule has 2 aliphatic heterocycles. The number of ketones is 1. The van der Waals surface area contributed by atoms with E-state index >= 15 is 0 Å². The highest BCUT2D eigenvalue weighted by molar-refractivity contribution is 6.00. The minimum Gasteiger partial charge on any atom is -0.366 e. The van der Waals surface area contributed by atoms with Crippen molar-refractivity contribution >= 4 is 34.0 Å². The van der Waals surface area contributed by atoms with Crippen molar-refractivity contribution in [3.05, 3.63) is 70.9 Å². The van der Waals surface area contributed by atoms with E-state index in [-0.39, 0.29) is 17.4 Å². The van der Waals surface area contributed by atoms with Crippen molar-refractivity contribution in [3.63, 3.8) is 0 Å². The minimum atomic E-state index is -0.167. The Kier molecular flexibility index (Phi) is 3.98. The van der Waals surface area contributed by atoms with Crippen molar-refractivity contribution < 1.29 is 4.79 Å². The van der Waals surface area contributed by atoms with Gasteiger partial charge in [-0.05, 0) is 69.0 Å².